The Hall–Kier alpha value is -4.46. The highest BCUT2D eigenvalue weighted by molar-refractivity contribution is 7.96. The Morgan fingerprint density at radius 2 is 1.54 bits per heavy atom. The van der Waals surface area contributed by atoms with Crippen molar-refractivity contribution in [3.63, 3.8) is 0 Å². The largest absolute Gasteiger partial charge is 0.508 e. The molecule has 4 N–H and O–H groups in total. The number of hydrogen-bond donors (Lipinski definition) is 4. The van der Waals surface area contributed by atoms with Crippen molar-refractivity contribution in [2.45, 2.75) is 18.1 Å². The average Bonchev–Trinajstić information content (AvgIpc) is 3.14. The lowest BCUT2D eigenvalue weighted by molar-refractivity contribution is -0.873. The molecule has 214 valence electrons. The number of carboxylic acids is 1. The second-order valence-electron chi connectivity index (χ2n) is 10.7. The zero-order valence-electron chi connectivity index (χ0n) is 22.2. The van der Waals surface area contributed by atoms with Crippen molar-refractivity contribution >= 4 is 35.9 Å². The fourth-order valence-electron chi connectivity index (χ4n) is 5.04. The molecule has 1 atom stereocenters. The summed E-state index contributed by atoms with van der Waals surface area (Å²) in [6.45, 7) is 0.303. The third-order valence-electron chi connectivity index (χ3n) is 6.57. The Balaban J connectivity index is 1.55. The van der Waals surface area contributed by atoms with Crippen LogP contribution in [0.5, 0.6) is 23.0 Å². The molecule has 0 aromatic heterocycles. The number of benzene rings is 3. The fraction of sp³-hybridized carbons (Fsp3) is 0.250. The first-order valence-corrected chi connectivity index (χ1v) is 13.1. The van der Waals surface area contributed by atoms with Gasteiger partial charge in [0.25, 0.3) is 0 Å². The summed E-state index contributed by atoms with van der Waals surface area (Å²) in [7, 11) is 5.57. The number of aliphatic carboxylic acids is 1. The summed E-state index contributed by atoms with van der Waals surface area (Å²) in [5.41, 5.74) is -0.0694. The van der Waals surface area contributed by atoms with Gasteiger partial charge < -0.3 is 34.4 Å². The SMILES string of the molecule is C[N+](C)(C)C[C@@H](CC(=O)O)OSN(C(=O)O)c1ccc2c(c1)C(=O)OC21c2ccc(O)cc2Oc2cc(O)ccc21. The van der Waals surface area contributed by atoms with Gasteiger partial charge in [-0.3, -0.25) is 8.98 Å². The number of carbonyl (C=O) groups excluding carboxylic acids is 1. The molecule has 2 aliphatic heterocycles. The van der Waals surface area contributed by atoms with Crippen LogP contribution < -0.4 is 9.04 Å². The Labute approximate surface area is 238 Å². The molecule has 5 rings (SSSR count). The highest BCUT2D eigenvalue weighted by atomic mass is 32.2. The molecule has 0 unspecified atom stereocenters. The second kappa shape index (κ2) is 10.2. The van der Waals surface area contributed by atoms with E-state index in [9.17, 15) is 34.8 Å². The van der Waals surface area contributed by atoms with Crippen LogP contribution in [0.15, 0.2) is 54.6 Å². The van der Waals surface area contributed by atoms with Crippen molar-refractivity contribution in [2.75, 3.05) is 32.0 Å². The van der Waals surface area contributed by atoms with E-state index < -0.39 is 29.7 Å². The number of carbonyl (C=O) groups is 3. The molecule has 0 saturated carbocycles. The van der Waals surface area contributed by atoms with Gasteiger partial charge >= 0.3 is 18.0 Å². The van der Waals surface area contributed by atoms with Gasteiger partial charge in [0, 0.05) is 28.8 Å². The minimum Gasteiger partial charge on any atom is -0.508 e. The van der Waals surface area contributed by atoms with E-state index >= 15 is 0 Å². The molecule has 41 heavy (non-hydrogen) atoms. The fourth-order valence-corrected chi connectivity index (χ4v) is 5.64. The standard InChI is InChI=1S/C28H26N2O10S/c1-30(2,3)14-18(13-25(33)34)40-41-29(27(36)37)15-4-7-20-19(10-15)26(35)39-28(20)21-8-5-16(31)11-23(21)38-24-12-17(32)6-9-22(24)28/h4-12,18H,13-14H2,1-3H3,(H3-,31,32,33,34,36,37)/p+1/t18-/m1/s1. The molecule has 13 heteroatoms. The number of hydrogen-bond acceptors (Lipinski definition) is 9. The Morgan fingerprint density at radius 1 is 0.951 bits per heavy atom. The molecule has 2 aliphatic rings. The monoisotopic (exact) mass is 583 g/mol. The van der Waals surface area contributed by atoms with Gasteiger partial charge in [-0.05, 0) is 36.4 Å². The second-order valence-corrected chi connectivity index (χ2v) is 11.4. The molecule has 1 amide bonds. The van der Waals surface area contributed by atoms with Crippen molar-refractivity contribution < 1.29 is 52.9 Å². The molecule has 0 fully saturated rings. The van der Waals surface area contributed by atoms with E-state index in [4.69, 9.17) is 13.7 Å². The first-order valence-electron chi connectivity index (χ1n) is 12.4. The molecule has 0 saturated heterocycles. The highest BCUT2D eigenvalue weighted by Crippen LogP contribution is 2.57. The topological polar surface area (TPSA) is 163 Å². The first-order chi connectivity index (χ1) is 19.3. The molecule has 3 aromatic rings. The van der Waals surface area contributed by atoms with Gasteiger partial charge in [0.15, 0.2) is 5.60 Å². The maximum Gasteiger partial charge on any atom is 0.423 e. The van der Waals surface area contributed by atoms with E-state index in [0.717, 1.165) is 4.31 Å². The Morgan fingerprint density at radius 3 is 2.07 bits per heavy atom. The first kappa shape index (κ1) is 28.1. The molecular formula is C28H27N2O10S+. The van der Waals surface area contributed by atoms with Crippen LogP contribution in [0.4, 0.5) is 10.5 Å². The van der Waals surface area contributed by atoms with Gasteiger partial charge in [-0.15, -0.1) is 0 Å². The van der Waals surface area contributed by atoms with Crippen LogP contribution in [-0.4, -0.2) is 76.7 Å². The number of anilines is 1. The van der Waals surface area contributed by atoms with Crippen molar-refractivity contribution in [1.29, 1.82) is 0 Å². The third-order valence-corrected chi connectivity index (χ3v) is 7.45. The van der Waals surface area contributed by atoms with E-state index in [1.807, 2.05) is 21.1 Å². The van der Waals surface area contributed by atoms with Crippen LogP contribution in [0.1, 0.15) is 33.5 Å². The quantitative estimate of drug-likeness (QED) is 0.130. The van der Waals surface area contributed by atoms with Gasteiger partial charge in [0.1, 0.15) is 47.9 Å². The number of rotatable bonds is 8. The van der Waals surface area contributed by atoms with Crippen LogP contribution in [-0.2, 0) is 19.3 Å². The highest BCUT2D eigenvalue weighted by Gasteiger charge is 2.54. The number of ether oxygens (including phenoxy) is 2. The number of esters is 1. The predicted molar refractivity (Wildman–Crippen MR) is 146 cm³/mol. The van der Waals surface area contributed by atoms with Crippen molar-refractivity contribution in [3.05, 3.63) is 76.9 Å². The maximum absolute atomic E-state index is 13.3. The van der Waals surface area contributed by atoms with E-state index in [2.05, 4.69) is 0 Å². The van der Waals surface area contributed by atoms with Crippen molar-refractivity contribution in [3.8, 4) is 23.0 Å². The summed E-state index contributed by atoms with van der Waals surface area (Å²) in [6, 6.07) is 13.1. The number of quaternary nitrogens is 1. The summed E-state index contributed by atoms with van der Waals surface area (Å²) >= 11 is 0.460. The number of fused-ring (bicyclic) bond motifs is 6. The minimum atomic E-state index is -1.50. The summed E-state index contributed by atoms with van der Waals surface area (Å²) in [6.07, 6.45) is -2.53. The Kier molecular flexibility index (Phi) is 6.97. The van der Waals surface area contributed by atoms with E-state index in [0.29, 0.717) is 39.9 Å². The van der Waals surface area contributed by atoms with Crippen LogP contribution in [0.3, 0.4) is 0 Å². The molecule has 3 aromatic carbocycles. The summed E-state index contributed by atoms with van der Waals surface area (Å²) in [5, 5.41) is 39.4. The number of phenolic OH excluding ortho intramolecular Hbond substituents is 2. The molecule has 2 heterocycles. The van der Waals surface area contributed by atoms with Crippen LogP contribution in [0.25, 0.3) is 0 Å². The average molecular weight is 584 g/mol. The van der Waals surface area contributed by atoms with Crippen LogP contribution in [0, 0.1) is 0 Å². The lowest BCUT2D eigenvalue weighted by Gasteiger charge is -2.36. The molecular weight excluding hydrogens is 556 g/mol. The zero-order chi connectivity index (χ0) is 29.7. The molecule has 12 nitrogen and oxygen atoms in total. The maximum atomic E-state index is 13.3. The van der Waals surface area contributed by atoms with Gasteiger partial charge in [-0.25, -0.2) is 9.59 Å². The molecule has 0 bridgehead atoms. The zero-order valence-corrected chi connectivity index (χ0v) is 23.0. The lowest BCUT2D eigenvalue weighted by atomic mass is 9.77. The summed E-state index contributed by atoms with van der Waals surface area (Å²) < 4.78 is 18.8. The molecule has 0 aliphatic carbocycles. The van der Waals surface area contributed by atoms with E-state index in [-0.39, 0.29) is 40.7 Å². The normalized spacial score (nSPS) is 15.2. The molecule has 0 radical (unpaired) electrons. The van der Waals surface area contributed by atoms with Gasteiger partial charge in [0.2, 0.25) is 0 Å². The number of nitrogens with zero attached hydrogens (tertiary/aromatic N) is 2. The van der Waals surface area contributed by atoms with E-state index in [1.54, 1.807) is 18.2 Å². The van der Waals surface area contributed by atoms with Gasteiger partial charge in [0.05, 0.1) is 38.8 Å². The summed E-state index contributed by atoms with van der Waals surface area (Å²) in [4.78, 5) is 36.9. The lowest BCUT2D eigenvalue weighted by Crippen LogP contribution is -2.43. The number of amides is 1. The number of likely N-dealkylation sites (N-methyl/N-ethyl adjacent to an activating group) is 1. The minimum absolute atomic E-state index is 0.0806. The van der Waals surface area contributed by atoms with Crippen LogP contribution >= 0.6 is 12.2 Å². The number of carboxylic acid groups (broad SMARTS) is 2. The van der Waals surface area contributed by atoms with Gasteiger partial charge in [-0.1, -0.05) is 6.07 Å². The number of aromatic hydroxyl groups is 2. The van der Waals surface area contributed by atoms with E-state index in [1.165, 1.54) is 36.4 Å². The van der Waals surface area contributed by atoms with Crippen LogP contribution in [0.2, 0.25) is 0 Å². The third kappa shape index (κ3) is 5.22. The van der Waals surface area contributed by atoms with Gasteiger partial charge in [-0.2, -0.15) is 4.31 Å². The smallest absolute Gasteiger partial charge is 0.423 e. The van der Waals surface area contributed by atoms with Crippen molar-refractivity contribution in [2.24, 2.45) is 0 Å². The molecule has 1 spiro atoms. The predicted octanol–water partition coefficient (Wildman–Crippen LogP) is 4.28. The Bertz CT molecular complexity index is 1520. The van der Waals surface area contributed by atoms with Crippen molar-refractivity contribution in [1.82, 2.24) is 0 Å². The summed E-state index contributed by atoms with van der Waals surface area (Å²) in [5.74, 6) is -1.55. The number of phenols is 2.